The average molecular weight is 471 g/mol. The number of aryl methyl sites for hydroxylation is 1. The number of carbonyl (C=O) groups is 1. The second kappa shape index (κ2) is 10.4. The van der Waals surface area contributed by atoms with E-state index in [0.717, 1.165) is 16.6 Å². The summed E-state index contributed by atoms with van der Waals surface area (Å²) in [6.45, 7) is 7.64. The zero-order valence-corrected chi connectivity index (χ0v) is 19.8. The van der Waals surface area contributed by atoms with Crippen LogP contribution in [0.25, 0.3) is 11.4 Å². The SMILES string of the molecule is CCCCN(C(=O)Cn1c(-c2ccccc2C)noc1=O)c1c(N)n(CC(C)C)c(=O)[nH]c1=O. The lowest BCUT2D eigenvalue weighted by molar-refractivity contribution is -0.119. The van der Waals surface area contributed by atoms with Crippen molar-refractivity contribution in [3.8, 4) is 11.4 Å². The molecule has 0 bridgehead atoms. The number of unbranched alkanes of at least 4 members (excludes halogenated alkanes) is 1. The number of nitrogens with zero attached hydrogens (tertiary/aromatic N) is 4. The van der Waals surface area contributed by atoms with E-state index >= 15 is 0 Å². The van der Waals surface area contributed by atoms with E-state index in [0.29, 0.717) is 12.0 Å². The molecule has 1 aromatic carbocycles. The van der Waals surface area contributed by atoms with Gasteiger partial charge in [-0.3, -0.25) is 23.7 Å². The van der Waals surface area contributed by atoms with Crippen molar-refractivity contribution in [3.63, 3.8) is 0 Å². The molecule has 3 aromatic rings. The second-order valence-corrected chi connectivity index (χ2v) is 8.57. The van der Waals surface area contributed by atoms with E-state index in [2.05, 4.69) is 10.1 Å². The van der Waals surface area contributed by atoms with Crippen molar-refractivity contribution in [2.24, 2.45) is 5.92 Å². The number of aromatic amines is 1. The number of aromatic nitrogens is 4. The highest BCUT2D eigenvalue weighted by molar-refractivity contribution is 5.95. The Morgan fingerprint density at radius 2 is 1.91 bits per heavy atom. The summed E-state index contributed by atoms with van der Waals surface area (Å²) < 4.78 is 7.22. The number of nitrogens with two attached hydrogens (primary N) is 1. The number of nitrogens with one attached hydrogen (secondary N) is 1. The van der Waals surface area contributed by atoms with Gasteiger partial charge in [-0.1, -0.05) is 56.6 Å². The van der Waals surface area contributed by atoms with Gasteiger partial charge in [0.2, 0.25) is 5.91 Å². The van der Waals surface area contributed by atoms with E-state index in [4.69, 9.17) is 10.3 Å². The Balaban J connectivity index is 2.07. The van der Waals surface area contributed by atoms with Crippen LogP contribution in [0.5, 0.6) is 0 Å². The Labute approximate surface area is 195 Å². The molecule has 2 aromatic heterocycles. The number of amides is 1. The van der Waals surface area contributed by atoms with Gasteiger partial charge in [0.15, 0.2) is 11.5 Å². The molecule has 11 heteroatoms. The Bertz CT molecular complexity index is 1350. The Morgan fingerprint density at radius 1 is 1.21 bits per heavy atom. The molecule has 11 nitrogen and oxygen atoms in total. The van der Waals surface area contributed by atoms with Gasteiger partial charge in [0.1, 0.15) is 12.4 Å². The zero-order chi connectivity index (χ0) is 25.0. The van der Waals surface area contributed by atoms with Gasteiger partial charge in [0, 0.05) is 18.7 Å². The minimum atomic E-state index is -0.797. The first-order valence-corrected chi connectivity index (χ1v) is 11.2. The van der Waals surface area contributed by atoms with E-state index in [1.807, 2.05) is 39.8 Å². The lowest BCUT2D eigenvalue weighted by Gasteiger charge is -2.25. The minimum Gasteiger partial charge on any atom is -0.383 e. The quantitative estimate of drug-likeness (QED) is 0.483. The number of H-pyrrole nitrogens is 1. The molecule has 0 spiro atoms. The van der Waals surface area contributed by atoms with Gasteiger partial charge in [0.05, 0.1) is 0 Å². The third-order valence-corrected chi connectivity index (χ3v) is 5.43. The van der Waals surface area contributed by atoms with Gasteiger partial charge in [-0.2, -0.15) is 0 Å². The highest BCUT2D eigenvalue weighted by Gasteiger charge is 2.26. The summed E-state index contributed by atoms with van der Waals surface area (Å²) in [6.07, 6.45) is 1.33. The van der Waals surface area contributed by atoms with Crippen molar-refractivity contribution in [1.29, 1.82) is 0 Å². The third kappa shape index (κ3) is 5.03. The fourth-order valence-electron chi connectivity index (χ4n) is 3.71. The molecule has 34 heavy (non-hydrogen) atoms. The summed E-state index contributed by atoms with van der Waals surface area (Å²) in [6, 6.07) is 7.26. The number of hydrogen-bond donors (Lipinski definition) is 2. The minimum absolute atomic E-state index is 0.0748. The normalized spacial score (nSPS) is 11.2. The van der Waals surface area contributed by atoms with Crippen molar-refractivity contribution >= 4 is 17.4 Å². The van der Waals surface area contributed by atoms with E-state index in [1.165, 1.54) is 9.47 Å². The first-order chi connectivity index (χ1) is 16.1. The van der Waals surface area contributed by atoms with Crippen LogP contribution >= 0.6 is 0 Å². The Morgan fingerprint density at radius 3 is 2.56 bits per heavy atom. The Hall–Kier alpha value is -3.89. The van der Waals surface area contributed by atoms with Gasteiger partial charge >= 0.3 is 11.4 Å². The summed E-state index contributed by atoms with van der Waals surface area (Å²) in [4.78, 5) is 54.5. The molecule has 0 saturated heterocycles. The number of hydrogen-bond acceptors (Lipinski definition) is 7. The molecule has 3 rings (SSSR count). The molecule has 2 heterocycles. The number of nitrogen functional groups attached to an aromatic ring is 1. The van der Waals surface area contributed by atoms with Crippen molar-refractivity contribution in [2.75, 3.05) is 17.2 Å². The van der Waals surface area contributed by atoms with Crippen LogP contribution in [0.1, 0.15) is 39.2 Å². The molecule has 0 aliphatic carbocycles. The van der Waals surface area contributed by atoms with Gasteiger partial charge in [-0.25, -0.2) is 14.2 Å². The molecule has 0 fully saturated rings. The Kier molecular flexibility index (Phi) is 7.54. The number of anilines is 2. The predicted octanol–water partition coefficient (Wildman–Crippen LogP) is 1.73. The van der Waals surface area contributed by atoms with Gasteiger partial charge in [0.25, 0.3) is 5.56 Å². The van der Waals surface area contributed by atoms with E-state index in [-0.39, 0.29) is 36.3 Å². The summed E-state index contributed by atoms with van der Waals surface area (Å²) in [5.41, 5.74) is 6.22. The van der Waals surface area contributed by atoms with E-state index in [1.54, 1.807) is 12.1 Å². The number of benzene rings is 1. The molecule has 0 radical (unpaired) electrons. The van der Waals surface area contributed by atoms with Gasteiger partial charge < -0.3 is 10.6 Å². The van der Waals surface area contributed by atoms with Crippen molar-refractivity contribution in [1.82, 2.24) is 19.3 Å². The summed E-state index contributed by atoms with van der Waals surface area (Å²) in [5, 5.41) is 3.85. The van der Waals surface area contributed by atoms with Crippen LogP contribution in [0, 0.1) is 12.8 Å². The molecule has 0 saturated carbocycles. The standard InChI is InChI=1S/C23H30N6O5/c1-5-6-11-27(18-19(24)28(12-14(2)3)22(32)25-21(18)31)17(30)13-29-20(26-34-23(29)33)16-10-8-7-9-15(16)4/h7-10,14H,5-6,11-13,24H2,1-4H3,(H,25,31,32). The monoisotopic (exact) mass is 470 g/mol. The van der Waals surface area contributed by atoms with Crippen LogP contribution in [-0.4, -0.2) is 31.7 Å². The molecule has 0 aliphatic rings. The largest absolute Gasteiger partial charge is 0.442 e. The molecule has 3 N–H and O–H groups in total. The van der Waals surface area contributed by atoms with Crippen molar-refractivity contribution in [3.05, 3.63) is 61.2 Å². The van der Waals surface area contributed by atoms with Crippen LogP contribution < -0.4 is 27.6 Å². The second-order valence-electron chi connectivity index (χ2n) is 8.57. The van der Waals surface area contributed by atoms with Crippen molar-refractivity contribution in [2.45, 2.75) is 53.6 Å². The van der Waals surface area contributed by atoms with Crippen LogP contribution in [0.15, 0.2) is 43.2 Å². The highest BCUT2D eigenvalue weighted by Crippen LogP contribution is 2.22. The first-order valence-electron chi connectivity index (χ1n) is 11.2. The molecular formula is C23H30N6O5. The van der Waals surface area contributed by atoms with Gasteiger partial charge in [-0.15, -0.1) is 0 Å². The first kappa shape index (κ1) is 24.7. The van der Waals surface area contributed by atoms with Crippen molar-refractivity contribution < 1.29 is 9.32 Å². The van der Waals surface area contributed by atoms with E-state index in [9.17, 15) is 19.2 Å². The molecule has 1 amide bonds. The maximum Gasteiger partial charge on any atom is 0.442 e. The summed E-state index contributed by atoms with van der Waals surface area (Å²) >= 11 is 0. The predicted molar refractivity (Wildman–Crippen MR) is 129 cm³/mol. The highest BCUT2D eigenvalue weighted by atomic mass is 16.5. The molecule has 182 valence electrons. The fourth-order valence-corrected chi connectivity index (χ4v) is 3.71. The average Bonchev–Trinajstić information content (AvgIpc) is 3.13. The lowest BCUT2D eigenvalue weighted by Crippen LogP contribution is -2.43. The third-order valence-electron chi connectivity index (χ3n) is 5.43. The smallest absolute Gasteiger partial charge is 0.383 e. The van der Waals surface area contributed by atoms with Crippen LogP contribution in [0.2, 0.25) is 0 Å². The number of carbonyl (C=O) groups excluding carboxylic acids is 1. The van der Waals surface area contributed by atoms with E-state index < -0.39 is 29.5 Å². The van der Waals surface area contributed by atoms with Gasteiger partial charge in [-0.05, 0) is 24.8 Å². The summed E-state index contributed by atoms with van der Waals surface area (Å²) in [5.74, 6) is -1.16. The lowest BCUT2D eigenvalue weighted by atomic mass is 10.1. The maximum absolute atomic E-state index is 13.5. The summed E-state index contributed by atoms with van der Waals surface area (Å²) in [7, 11) is 0. The van der Waals surface area contributed by atoms with Crippen LogP contribution in [0.3, 0.4) is 0 Å². The molecule has 0 aliphatic heterocycles. The zero-order valence-electron chi connectivity index (χ0n) is 19.8. The molecule has 0 unspecified atom stereocenters. The molecule has 0 atom stereocenters. The van der Waals surface area contributed by atoms with Crippen LogP contribution in [0.4, 0.5) is 11.5 Å². The van der Waals surface area contributed by atoms with Crippen LogP contribution in [-0.2, 0) is 17.9 Å². The fraction of sp³-hybridized carbons (Fsp3) is 0.435. The number of rotatable bonds is 9. The molecular weight excluding hydrogens is 440 g/mol. The maximum atomic E-state index is 13.5. The topological polar surface area (TPSA) is 149 Å².